The van der Waals surface area contributed by atoms with Gasteiger partial charge in [0.1, 0.15) is 0 Å². The third-order valence-electron chi connectivity index (χ3n) is 5.97. The number of carbonyl (C=O) groups excluding carboxylic acids is 1. The lowest BCUT2D eigenvalue weighted by atomic mass is 9.85. The van der Waals surface area contributed by atoms with Crippen LogP contribution in [-0.2, 0) is 4.79 Å². The molecule has 1 aliphatic heterocycles. The summed E-state index contributed by atoms with van der Waals surface area (Å²) < 4.78 is 0. The number of hydrogen-bond acceptors (Lipinski definition) is 3. The molecule has 2 saturated carbocycles. The van der Waals surface area contributed by atoms with Crippen molar-refractivity contribution in [1.82, 2.24) is 15.5 Å². The highest BCUT2D eigenvalue weighted by molar-refractivity contribution is 5.81. The van der Waals surface area contributed by atoms with Gasteiger partial charge in [0.05, 0.1) is 6.10 Å². The molecule has 0 radical (unpaired) electrons. The average molecular weight is 351 g/mol. The Morgan fingerprint density at radius 2 is 1.80 bits per heavy atom. The molecular weight excluding hydrogens is 316 g/mol. The zero-order chi connectivity index (χ0) is 17.6. The Kier molecular flexibility index (Phi) is 6.57. The predicted octanol–water partition coefficient (Wildman–Crippen LogP) is 1.49. The Balaban J connectivity index is 1.36. The van der Waals surface area contributed by atoms with Crippen LogP contribution in [0.25, 0.3) is 0 Å². The van der Waals surface area contributed by atoms with Crippen molar-refractivity contribution in [3.05, 3.63) is 0 Å². The second-order valence-corrected chi connectivity index (χ2v) is 7.94. The minimum Gasteiger partial charge on any atom is -0.391 e. The molecule has 6 nitrogen and oxygen atoms in total. The van der Waals surface area contributed by atoms with Crippen LogP contribution in [0.4, 0.5) is 0 Å². The average Bonchev–Trinajstić information content (AvgIpc) is 3.50. The number of carbonyl (C=O) groups is 1. The van der Waals surface area contributed by atoms with Crippen molar-refractivity contribution in [3.63, 3.8) is 0 Å². The summed E-state index contributed by atoms with van der Waals surface area (Å²) in [4.78, 5) is 18.4. The Morgan fingerprint density at radius 1 is 1.12 bits per heavy atom. The van der Waals surface area contributed by atoms with E-state index in [2.05, 4.69) is 15.6 Å². The van der Waals surface area contributed by atoms with E-state index in [1.165, 1.54) is 19.3 Å². The topological polar surface area (TPSA) is 77.0 Å². The van der Waals surface area contributed by atoms with Gasteiger partial charge in [-0.3, -0.25) is 9.79 Å². The number of guanidine groups is 1. The molecule has 1 atom stereocenters. The van der Waals surface area contributed by atoms with E-state index in [1.54, 1.807) is 7.05 Å². The lowest BCUT2D eigenvalue weighted by Gasteiger charge is -2.33. The van der Waals surface area contributed by atoms with Crippen LogP contribution in [0, 0.1) is 11.8 Å². The number of hydrogen-bond donors (Lipinski definition) is 3. The molecule has 1 amide bonds. The minimum absolute atomic E-state index is 0.295. The summed E-state index contributed by atoms with van der Waals surface area (Å²) in [7, 11) is 1.77. The van der Waals surface area contributed by atoms with E-state index in [0.717, 1.165) is 57.6 Å². The molecule has 1 saturated heterocycles. The molecule has 3 N–H and O–H groups in total. The lowest BCUT2D eigenvalue weighted by molar-refractivity contribution is -0.133. The number of nitrogens with one attached hydrogen (secondary N) is 2. The number of aliphatic hydroxyl groups is 1. The first-order valence-electron chi connectivity index (χ1n) is 10.1. The standard InChI is InChI=1S/C19H34N4O2/c1-20-19(21-13-17(24)14-5-3-2-4-6-14)22-16-9-11-23(12-10-16)18(25)15-7-8-15/h14-17,24H,2-13H2,1H3,(H2,20,21,22). The summed E-state index contributed by atoms with van der Waals surface area (Å²) in [6, 6.07) is 0.348. The zero-order valence-corrected chi connectivity index (χ0v) is 15.5. The molecule has 0 aromatic heterocycles. The molecule has 6 heteroatoms. The smallest absolute Gasteiger partial charge is 0.225 e. The van der Waals surface area contributed by atoms with Gasteiger partial charge < -0.3 is 20.6 Å². The number of likely N-dealkylation sites (tertiary alicyclic amines) is 1. The lowest BCUT2D eigenvalue weighted by Crippen LogP contribution is -2.51. The van der Waals surface area contributed by atoms with Crippen LogP contribution < -0.4 is 10.6 Å². The molecule has 142 valence electrons. The van der Waals surface area contributed by atoms with Crippen LogP contribution in [0.1, 0.15) is 57.8 Å². The van der Waals surface area contributed by atoms with E-state index in [4.69, 9.17) is 0 Å². The van der Waals surface area contributed by atoms with E-state index in [9.17, 15) is 9.90 Å². The molecule has 2 aliphatic carbocycles. The van der Waals surface area contributed by atoms with Crippen LogP contribution in [0.2, 0.25) is 0 Å². The largest absolute Gasteiger partial charge is 0.391 e. The summed E-state index contributed by atoms with van der Waals surface area (Å²) in [5, 5.41) is 17.1. The van der Waals surface area contributed by atoms with Gasteiger partial charge >= 0.3 is 0 Å². The van der Waals surface area contributed by atoms with Crippen LogP contribution in [0.5, 0.6) is 0 Å². The maximum absolute atomic E-state index is 12.1. The van der Waals surface area contributed by atoms with Crippen molar-refractivity contribution in [3.8, 4) is 0 Å². The van der Waals surface area contributed by atoms with Crippen molar-refractivity contribution in [1.29, 1.82) is 0 Å². The molecule has 0 bridgehead atoms. The predicted molar refractivity (Wildman–Crippen MR) is 99.4 cm³/mol. The van der Waals surface area contributed by atoms with Gasteiger partial charge in [0.2, 0.25) is 5.91 Å². The number of rotatable bonds is 5. The second-order valence-electron chi connectivity index (χ2n) is 7.94. The van der Waals surface area contributed by atoms with Crippen LogP contribution in [0.3, 0.4) is 0 Å². The van der Waals surface area contributed by atoms with E-state index < -0.39 is 0 Å². The van der Waals surface area contributed by atoms with Crippen LogP contribution in [-0.4, -0.2) is 60.7 Å². The molecule has 3 fully saturated rings. The third kappa shape index (κ3) is 5.33. The highest BCUT2D eigenvalue weighted by Crippen LogP contribution is 2.32. The van der Waals surface area contributed by atoms with Crippen molar-refractivity contribution in [2.75, 3.05) is 26.7 Å². The van der Waals surface area contributed by atoms with Crippen molar-refractivity contribution in [2.24, 2.45) is 16.8 Å². The molecular formula is C19H34N4O2. The van der Waals surface area contributed by atoms with E-state index in [-0.39, 0.29) is 6.10 Å². The van der Waals surface area contributed by atoms with Gasteiger partial charge in [0.25, 0.3) is 0 Å². The van der Waals surface area contributed by atoms with Gasteiger partial charge in [-0.1, -0.05) is 19.3 Å². The van der Waals surface area contributed by atoms with Gasteiger partial charge in [-0.05, 0) is 44.4 Å². The number of aliphatic imine (C=N–C) groups is 1. The Hall–Kier alpha value is -1.30. The molecule has 0 spiro atoms. The highest BCUT2D eigenvalue weighted by Gasteiger charge is 2.35. The third-order valence-corrected chi connectivity index (χ3v) is 5.97. The van der Waals surface area contributed by atoms with E-state index in [0.29, 0.717) is 30.3 Å². The maximum atomic E-state index is 12.1. The Morgan fingerprint density at radius 3 is 2.40 bits per heavy atom. The number of amides is 1. The SMILES string of the molecule is CN=C(NCC(O)C1CCCCC1)NC1CCN(C(=O)C2CC2)CC1. The zero-order valence-electron chi connectivity index (χ0n) is 15.5. The summed E-state index contributed by atoms with van der Waals surface area (Å²) in [5.74, 6) is 1.87. The summed E-state index contributed by atoms with van der Waals surface area (Å²) >= 11 is 0. The first kappa shape index (κ1) is 18.5. The molecule has 25 heavy (non-hydrogen) atoms. The van der Waals surface area contributed by atoms with Crippen LogP contribution in [0.15, 0.2) is 4.99 Å². The molecule has 0 aromatic rings. The van der Waals surface area contributed by atoms with Gasteiger partial charge in [-0.15, -0.1) is 0 Å². The molecule has 0 aromatic carbocycles. The fraction of sp³-hybridized carbons (Fsp3) is 0.895. The maximum Gasteiger partial charge on any atom is 0.225 e. The summed E-state index contributed by atoms with van der Waals surface area (Å²) in [6.45, 7) is 2.24. The van der Waals surface area contributed by atoms with Crippen molar-refractivity contribution < 1.29 is 9.90 Å². The van der Waals surface area contributed by atoms with Gasteiger partial charge in [0.15, 0.2) is 5.96 Å². The quantitative estimate of drug-likeness (QED) is 0.519. The minimum atomic E-state index is -0.295. The van der Waals surface area contributed by atoms with Gasteiger partial charge in [-0.25, -0.2) is 0 Å². The second kappa shape index (κ2) is 8.88. The normalized spacial score (nSPS) is 24.9. The van der Waals surface area contributed by atoms with Gasteiger partial charge in [-0.2, -0.15) is 0 Å². The van der Waals surface area contributed by atoms with Crippen molar-refractivity contribution in [2.45, 2.75) is 69.9 Å². The highest BCUT2D eigenvalue weighted by atomic mass is 16.3. The number of aliphatic hydroxyl groups excluding tert-OH is 1. The first-order valence-corrected chi connectivity index (χ1v) is 10.1. The first-order chi connectivity index (χ1) is 12.2. The molecule has 1 heterocycles. The Labute approximate surface area is 151 Å². The Bertz CT molecular complexity index is 464. The monoisotopic (exact) mass is 350 g/mol. The van der Waals surface area contributed by atoms with Crippen LogP contribution >= 0.6 is 0 Å². The van der Waals surface area contributed by atoms with E-state index >= 15 is 0 Å². The molecule has 1 unspecified atom stereocenters. The number of nitrogens with zero attached hydrogens (tertiary/aromatic N) is 2. The fourth-order valence-electron chi connectivity index (χ4n) is 4.11. The van der Waals surface area contributed by atoms with Gasteiger partial charge in [0, 0.05) is 38.6 Å². The van der Waals surface area contributed by atoms with E-state index in [1.807, 2.05) is 4.90 Å². The summed E-state index contributed by atoms with van der Waals surface area (Å²) in [6.07, 6.45) is 9.87. The molecule has 3 rings (SSSR count). The molecule has 3 aliphatic rings. The summed E-state index contributed by atoms with van der Waals surface area (Å²) in [5.41, 5.74) is 0. The number of piperidine rings is 1. The fourth-order valence-corrected chi connectivity index (χ4v) is 4.11. The van der Waals surface area contributed by atoms with Crippen molar-refractivity contribution >= 4 is 11.9 Å².